The van der Waals surface area contributed by atoms with Crippen molar-refractivity contribution in [1.29, 1.82) is 0 Å². The van der Waals surface area contributed by atoms with Gasteiger partial charge in [0.05, 0.1) is 0 Å². The highest BCUT2D eigenvalue weighted by Gasteiger charge is 2.16. The topological polar surface area (TPSA) is 96.2 Å². The van der Waals surface area contributed by atoms with Crippen molar-refractivity contribution >= 4 is 17.4 Å². The zero-order chi connectivity index (χ0) is 13.3. The maximum absolute atomic E-state index is 12.2. The lowest BCUT2D eigenvalue weighted by molar-refractivity contribution is 0.0691. The highest BCUT2D eigenvalue weighted by molar-refractivity contribution is 6.13. The Kier molecular flexibility index (Phi) is 2.89. The summed E-state index contributed by atoms with van der Waals surface area (Å²) < 4.78 is 0. The second-order valence-corrected chi connectivity index (χ2v) is 3.97. The molecule has 0 atom stereocenters. The first-order valence-corrected chi connectivity index (χ1v) is 5.32. The third kappa shape index (κ3) is 1.98. The molecule has 18 heavy (non-hydrogen) atoms. The van der Waals surface area contributed by atoms with Crippen LogP contribution < -0.4 is 5.73 Å². The number of aromatic nitrogens is 1. The van der Waals surface area contributed by atoms with E-state index >= 15 is 0 Å². The summed E-state index contributed by atoms with van der Waals surface area (Å²) in [6, 6.07) is 6.47. The van der Waals surface area contributed by atoms with Gasteiger partial charge in [0.15, 0.2) is 5.78 Å². The number of anilines is 1. The summed E-state index contributed by atoms with van der Waals surface area (Å²) in [6.07, 6.45) is 1.37. The van der Waals surface area contributed by atoms with Crippen LogP contribution in [0.15, 0.2) is 30.5 Å². The van der Waals surface area contributed by atoms with Crippen LogP contribution in [0, 0.1) is 6.92 Å². The number of aryl methyl sites for hydroxylation is 1. The number of nitrogen functional groups attached to an aromatic ring is 1. The van der Waals surface area contributed by atoms with Gasteiger partial charge in [-0.15, -0.1) is 0 Å². The number of carboxylic acid groups (broad SMARTS) is 1. The monoisotopic (exact) mass is 244 g/mol. The Balaban J connectivity index is 2.41. The van der Waals surface area contributed by atoms with E-state index < -0.39 is 5.97 Å². The lowest BCUT2D eigenvalue weighted by Gasteiger charge is -2.05. The molecule has 2 aromatic rings. The summed E-state index contributed by atoms with van der Waals surface area (Å²) in [6.45, 7) is 1.81. The standard InChI is InChI=1S/C13H12N2O3/c1-7-3-2-4-9(11(7)14)12(16)8-5-10(13(17)18)15-6-8/h2-6,15H,14H2,1H3,(H,17,18). The van der Waals surface area contributed by atoms with Crippen molar-refractivity contribution in [2.45, 2.75) is 6.92 Å². The van der Waals surface area contributed by atoms with E-state index in [1.54, 1.807) is 12.1 Å². The minimum absolute atomic E-state index is 0.0235. The number of hydrogen-bond donors (Lipinski definition) is 3. The van der Waals surface area contributed by atoms with Crippen molar-refractivity contribution < 1.29 is 14.7 Å². The Hall–Kier alpha value is -2.56. The Morgan fingerprint density at radius 2 is 2.06 bits per heavy atom. The van der Waals surface area contributed by atoms with E-state index in [9.17, 15) is 9.59 Å². The van der Waals surface area contributed by atoms with Gasteiger partial charge in [0.1, 0.15) is 5.69 Å². The smallest absolute Gasteiger partial charge is 0.352 e. The maximum atomic E-state index is 12.2. The van der Waals surface area contributed by atoms with Gasteiger partial charge in [-0.3, -0.25) is 4.79 Å². The molecule has 5 nitrogen and oxygen atoms in total. The maximum Gasteiger partial charge on any atom is 0.352 e. The van der Waals surface area contributed by atoms with Gasteiger partial charge >= 0.3 is 5.97 Å². The molecule has 1 aromatic heterocycles. The third-order valence-electron chi connectivity index (χ3n) is 2.74. The van der Waals surface area contributed by atoms with Crippen molar-refractivity contribution in [3.8, 4) is 0 Å². The number of hydrogen-bond acceptors (Lipinski definition) is 3. The Labute approximate surface area is 103 Å². The van der Waals surface area contributed by atoms with Gasteiger partial charge < -0.3 is 15.8 Å². The molecule has 0 aliphatic carbocycles. The van der Waals surface area contributed by atoms with Crippen LogP contribution in [0.1, 0.15) is 32.0 Å². The fourth-order valence-corrected chi connectivity index (χ4v) is 1.68. The van der Waals surface area contributed by atoms with E-state index in [-0.39, 0.29) is 17.0 Å². The van der Waals surface area contributed by atoms with Gasteiger partial charge in [-0.2, -0.15) is 0 Å². The number of carbonyl (C=O) groups is 2. The number of H-pyrrole nitrogens is 1. The fraction of sp³-hybridized carbons (Fsp3) is 0.0769. The molecule has 5 heteroatoms. The van der Waals surface area contributed by atoms with Crippen molar-refractivity contribution in [1.82, 2.24) is 4.98 Å². The Morgan fingerprint density at radius 3 is 2.67 bits per heavy atom. The summed E-state index contributed by atoms with van der Waals surface area (Å²) >= 11 is 0. The number of para-hydroxylation sites is 1. The van der Waals surface area contributed by atoms with Gasteiger partial charge in [0.2, 0.25) is 0 Å². The van der Waals surface area contributed by atoms with Crippen LogP contribution >= 0.6 is 0 Å². The Bertz CT molecular complexity index is 629. The average Bonchev–Trinajstić information content (AvgIpc) is 2.81. The van der Waals surface area contributed by atoms with E-state index in [0.29, 0.717) is 11.3 Å². The molecule has 4 N–H and O–H groups in total. The molecule has 1 heterocycles. The number of nitrogens with two attached hydrogens (primary N) is 1. The number of ketones is 1. The van der Waals surface area contributed by atoms with Crippen LogP contribution in [0.3, 0.4) is 0 Å². The molecule has 0 radical (unpaired) electrons. The van der Waals surface area contributed by atoms with Crippen LogP contribution in [0.5, 0.6) is 0 Å². The predicted molar refractivity (Wildman–Crippen MR) is 66.8 cm³/mol. The van der Waals surface area contributed by atoms with Gasteiger partial charge in [0.25, 0.3) is 0 Å². The van der Waals surface area contributed by atoms with Crippen LogP contribution in [0.4, 0.5) is 5.69 Å². The van der Waals surface area contributed by atoms with E-state index in [1.807, 2.05) is 13.0 Å². The number of carboxylic acids is 1. The zero-order valence-electron chi connectivity index (χ0n) is 9.73. The summed E-state index contributed by atoms with van der Waals surface area (Å²) in [5.74, 6) is -1.40. The van der Waals surface area contributed by atoms with Crippen molar-refractivity contribution in [2.75, 3.05) is 5.73 Å². The molecular formula is C13H12N2O3. The highest BCUT2D eigenvalue weighted by Crippen LogP contribution is 2.20. The van der Waals surface area contributed by atoms with E-state index in [2.05, 4.69) is 4.98 Å². The molecule has 0 aliphatic rings. The summed E-state index contributed by atoms with van der Waals surface area (Å²) in [4.78, 5) is 25.4. The van der Waals surface area contributed by atoms with Crippen LogP contribution in [-0.4, -0.2) is 21.8 Å². The number of aromatic amines is 1. The molecule has 0 saturated heterocycles. The quantitative estimate of drug-likeness (QED) is 0.567. The minimum Gasteiger partial charge on any atom is -0.477 e. The molecule has 0 aliphatic heterocycles. The lowest BCUT2D eigenvalue weighted by atomic mass is 10.0. The molecular weight excluding hydrogens is 232 g/mol. The molecule has 0 unspecified atom stereocenters. The molecule has 0 amide bonds. The first-order valence-electron chi connectivity index (χ1n) is 5.32. The molecule has 0 fully saturated rings. The van der Waals surface area contributed by atoms with Crippen LogP contribution in [-0.2, 0) is 0 Å². The van der Waals surface area contributed by atoms with Crippen LogP contribution in [0.2, 0.25) is 0 Å². The normalized spacial score (nSPS) is 10.3. The van der Waals surface area contributed by atoms with Crippen molar-refractivity contribution in [3.05, 3.63) is 52.8 Å². The molecule has 92 valence electrons. The molecule has 0 saturated carbocycles. The van der Waals surface area contributed by atoms with Gasteiger partial charge in [-0.25, -0.2) is 4.79 Å². The van der Waals surface area contributed by atoms with E-state index in [4.69, 9.17) is 10.8 Å². The summed E-state index contributed by atoms with van der Waals surface area (Å²) in [7, 11) is 0. The highest BCUT2D eigenvalue weighted by atomic mass is 16.4. The second-order valence-electron chi connectivity index (χ2n) is 3.97. The predicted octanol–water partition coefficient (Wildman–Crippen LogP) is 1.83. The number of nitrogens with one attached hydrogen (secondary N) is 1. The zero-order valence-corrected chi connectivity index (χ0v) is 9.73. The number of carbonyl (C=O) groups excluding carboxylic acids is 1. The first-order chi connectivity index (χ1) is 8.50. The minimum atomic E-state index is -1.11. The lowest BCUT2D eigenvalue weighted by Crippen LogP contribution is -2.05. The summed E-state index contributed by atoms with van der Waals surface area (Å²) in [5, 5.41) is 8.78. The van der Waals surface area contributed by atoms with E-state index in [0.717, 1.165) is 5.56 Å². The second kappa shape index (κ2) is 4.37. The number of rotatable bonds is 3. The molecule has 0 spiro atoms. The Morgan fingerprint density at radius 1 is 1.33 bits per heavy atom. The average molecular weight is 244 g/mol. The van der Waals surface area contributed by atoms with Crippen molar-refractivity contribution in [2.24, 2.45) is 0 Å². The molecule has 2 rings (SSSR count). The summed E-state index contributed by atoms with van der Waals surface area (Å²) in [5.41, 5.74) is 7.71. The number of benzene rings is 1. The van der Waals surface area contributed by atoms with Crippen molar-refractivity contribution in [3.63, 3.8) is 0 Å². The number of aromatic carboxylic acids is 1. The largest absolute Gasteiger partial charge is 0.477 e. The first kappa shape index (κ1) is 11.9. The van der Waals surface area contributed by atoms with Crippen LogP contribution in [0.25, 0.3) is 0 Å². The van der Waals surface area contributed by atoms with E-state index in [1.165, 1.54) is 12.3 Å². The van der Waals surface area contributed by atoms with Gasteiger partial charge in [-0.05, 0) is 24.6 Å². The van der Waals surface area contributed by atoms with Gasteiger partial charge in [-0.1, -0.05) is 12.1 Å². The third-order valence-corrected chi connectivity index (χ3v) is 2.74. The fourth-order valence-electron chi connectivity index (χ4n) is 1.68. The molecule has 1 aromatic carbocycles. The molecule has 0 bridgehead atoms. The SMILES string of the molecule is Cc1cccc(C(=O)c2c[nH]c(C(=O)O)c2)c1N. The van der Waals surface area contributed by atoms with Gasteiger partial charge in [0, 0.05) is 23.0 Å².